The second-order valence-electron chi connectivity index (χ2n) is 7.18. The number of aromatic hydroxyl groups is 2. The Morgan fingerprint density at radius 3 is 2.56 bits per heavy atom. The molecule has 1 aromatic heterocycles. The van der Waals surface area contributed by atoms with E-state index in [0.29, 0.717) is 12.1 Å². The minimum Gasteiger partial charge on any atom is -0.508 e. The summed E-state index contributed by atoms with van der Waals surface area (Å²) in [6.45, 7) is 6.42. The molecule has 0 atom stereocenters. The van der Waals surface area contributed by atoms with E-state index in [1.54, 1.807) is 11.0 Å². The molecule has 0 saturated carbocycles. The average Bonchev–Trinajstić information content (AvgIpc) is 3.00. The molecule has 0 unspecified atom stereocenters. The summed E-state index contributed by atoms with van der Waals surface area (Å²) in [7, 11) is 1.95. The molecule has 0 fully saturated rings. The molecule has 2 aromatic carbocycles. The van der Waals surface area contributed by atoms with Crippen molar-refractivity contribution in [1.29, 1.82) is 0 Å². The number of hydrogen-bond acceptors (Lipinski definition) is 3. The van der Waals surface area contributed by atoms with Gasteiger partial charge in [0.05, 0.1) is 16.8 Å². The number of aryl methyl sites for hydroxylation is 1. The number of carbonyl (C=O) groups is 1. The van der Waals surface area contributed by atoms with Crippen LogP contribution in [0.2, 0.25) is 0 Å². The standard InChI is InChI=1S/C22H26N2O3/c1-5-10-24(18-8-6-7-15-9-11-23(4)21(15)18)22(27)17-12-16(14(2)3)19(25)13-20(17)26/h6-9,11-14,25-26H,5,10H2,1-4H3. The van der Waals surface area contributed by atoms with Gasteiger partial charge < -0.3 is 19.7 Å². The van der Waals surface area contributed by atoms with Crippen molar-refractivity contribution in [3.8, 4) is 11.5 Å². The maximum absolute atomic E-state index is 13.4. The van der Waals surface area contributed by atoms with Crippen LogP contribution in [0.1, 0.15) is 49.0 Å². The van der Waals surface area contributed by atoms with Crippen molar-refractivity contribution >= 4 is 22.5 Å². The third-order valence-corrected chi connectivity index (χ3v) is 4.86. The van der Waals surface area contributed by atoms with Crippen molar-refractivity contribution in [3.05, 3.63) is 53.7 Å². The molecule has 2 N–H and O–H groups in total. The summed E-state index contributed by atoms with van der Waals surface area (Å²) >= 11 is 0. The van der Waals surface area contributed by atoms with Crippen LogP contribution in [0.25, 0.3) is 10.9 Å². The van der Waals surface area contributed by atoms with Gasteiger partial charge in [-0.05, 0) is 36.1 Å². The van der Waals surface area contributed by atoms with Gasteiger partial charge in [0.15, 0.2) is 0 Å². The van der Waals surface area contributed by atoms with Crippen molar-refractivity contribution in [2.75, 3.05) is 11.4 Å². The summed E-state index contributed by atoms with van der Waals surface area (Å²) in [6, 6.07) is 10.8. The number of benzene rings is 2. The molecule has 27 heavy (non-hydrogen) atoms. The first-order chi connectivity index (χ1) is 12.8. The van der Waals surface area contributed by atoms with E-state index in [1.165, 1.54) is 6.07 Å². The van der Waals surface area contributed by atoms with Crippen LogP contribution in [0.15, 0.2) is 42.6 Å². The van der Waals surface area contributed by atoms with Crippen LogP contribution < -0.4 is 4.90 Å². The number of hydrogen-bond donors (Lipinski definition) is 2. The predicted octanol–water partition coefficient (Wildman–Crippen LogP) is 4.77. The van der Waals surface area contributed by atoms with Crippen LogP contribution in [-0.4, -0.2) is 27.2 Å². The highest BCUT2D eigenvalue weighted by Gasteiger charge is 2.24. The normalized spacial score (nSPS) is 11.3. The lowest BCUT2D eigenvalue weighted by atomic mass is 9.98. The first-order valence-electron chi connectivity index (χ1n) is 9.27. The number of phenols is 2. The Labute approximate surface area is 159 Å². The zero-order valence-electron chi connectivity index (χ0n) is 16.2. The summed E-state index contributed by atoms with van der Waals surface area (Å²) in [6.07, 6.45) is 2.75. The first-order valence-corrected chi connectivity index (χ1v) is 9.27. The Morgan fingerprint density at radius 1 is 1.15 bits per heavy atom. The third-order valence-electron chi connectivity index (χ3n) is 4.86. The number of rotatable bonds is 5. The van der Waals surface area contributed by atoms with E-state index < -0.39 is 0 Å². The Balaban J connectivity index is 2.14. The summed E-state index contributed by atoms with van der Waals surface area (Å²) in [5, 5.41) is 21.5. The van der Waals surface area contributed by atoms with Gasteiger partial charge in [0.2, 0.25) is 0 Å². The number of aromatic nitrogens is 1. The number of anilines is 1. The van der Waals surface area contributed by atoms with Gasteiger partial charge in [-0.15, -0.1) is 0 Å². The zero-order valence-corrected chi connectivity index (χ0v) is 16.2. The molecule has 3 aromatic rings. The number of amides is 1. The molecule has 5 nitrogen and oxygen atoms in total. The van der Waals surface area contributed by atoms with Crippen molar-refractivity contribution < 1.29 is 15.0 Å². The molecule has 1 amide bonds. The fourth-order valence-corrected chi connectivity index (χ4v) is 3.48. The molecule has 0 spiro atoms. The molecular weight excluding hydrogens is 340 g/mol. The lowest BCUT2D eigenvalue weighted by Crippen LogP contribution is -2.32. The fraction of sp³-hybridized carbons (Fsp3) is 0.318. The predicted molar refractivity (Wildman–Crippen MR) is 109 cm³/mol. The zero-order chi connectivity index (χ0) is 19.7. The van der Waals surface area contributed by atoms with Crippen LogP contribution in [0.5, 0.6) is 11.5 Å². The van der Waals surface area contributed by atoms with E-state index in [4.69, 9.17) is 0 Å². The van der Waals surface area contributed by atoms with Gasteiger partial charge >= 0.3 is 0 Å². The van der Waals surface area contributed by atoms with Gasteiger partial charge in [0, 0.05) is 31.2 Å². The molecule has 0 saturated heterocycles. The van der Waals surface area contributed by atoms with Crippen LogP contribution in [0, 0.1) is 0 Å². The first kappa shape index (κ1) is 18.8. The van der Waals surface area contributed by atoms with E-state index in [-0.39, 0.29) is 28.9 Å². The summed E-state index contributed by atoms with van der Waals surface area (Å²) < 4.78 is 2.00. The smallest absolute Gasteiger partial charge is 0.262 e. The lowest BCUT2D eigenvalue weighted by molar-refractivity contribution is 0.0984. The number of phenolic OH excluding ortho intramolecular Hbond substituents is 2. The molecule has 0 radical (unpaired) electrons. The Hall–Kier alpha value is -2.95. The van der Waals surface area contributed by atoms with Gasteiger partial charge in [0.1, 0.15) is 11.5 Å². The Morgan fingerprint density at radius 2 is 1.89 bits per heavy atom. The molecular formula is C22H26N2O3. The molecule has 5 heteroatoms. The fourth-order valence-electron chi connectivity index (χ4n) is 3.48. The molecule has 0 aliphatic rings. The van der Waals surface area contributed by atoms with Gasteiger partial charge in [-0.1, -0.05) is 32.9 Å². The SMILES string of the molecule is CCCN(C(=O)c1cc(C(C)C)c(O)cc1O)c1cccc2ccn(C)c12. The minimum atomic E-state index is -0.273. The highest BCUT2D eigenvalue weighted by atomic mass is 16.3. The molecule has 0 bridgehead atoms. The Bertz CT molecular complexity index is 989. The third kappa shape index (κ3) is 3.37. The van der Waals surface area contributed by atoms with Crippen LogP contribution in [-0.2, 0) is 7.05 Å². The molecule has 0 aliphatic heterocycles. The van der Waals surface area contributed by atoms with Crippen LogP contribution >= 0.6 is 0 Å². The monoisotopic (exact) mass is 366 g/mol. The number of para-hydroxylation sites is 1. The van der Waals surface area contributed by atoms with Gasteiger partial charge in [-0.2, -0.15) is 0 Å². The van der Waals surface area contributed by atoms with Crippen LogP contribution in [0.4, 0.5) is 5.69 Å². The van der Waals surface area contributed by atoms with Crippen molar-refractivity contribution in [3.63, 3.8) is 0 Å². The molecule has 3 rings (SSSR count). The number of carbonyl (C=O) groups excluding carboxylic acids is 1. The van der Waals surface area contributed by atoms with Gasteiger partial charge in [-0.3, -0.25) is 4.79 Å². The summed E-state index contributed by atoms with van der Waals surface area (Å²) in [5.41, 5.74) is 2.63. The topological polar surface area (TPSA) is 65.7 Å². The van der Waals surface area contributed by atoms with E-state index in [2.05, 4.69) is 0 Å². The van der Waals surface area contributed by atoms with Gasteiger partial charge in [0.25, 0.3) is 5.91 Å². The molecule has 1 heterocycles. The highest BCUT2D eigenvalue weighted by Crippen LogP contribution is 2.35. The number of fused-ring (bicyclic) bond motifs is 1. The highest BCUT2D eigenvalue weighted by molar-refractivity contribution is 6.11. The van der Waals surface area contributed by atoms with Crippen LogP contribution in [0.3, 0.4) is 0 Å². The van der Waals surface area contributed by atoms with E-state index >= 15 is 0 Å². The van der Waals surface area contributed by atoms with E-state index in [9.17, 15) is 15.0 Å². The van der Waals surface area contributed by atoms with E-state index in [1.807, 2.05) is 62.8 Å². The van der Waals surface area contributed by atoms with Crippen molar-refractivity contribution in [2.45, 2.75) is 33.1 Å². The van der Waals surface area contributed by atoms with Crippen molar-refractivity contribution in [1.82, 2.24) is 4.57 Å². The minimum absolute atomic E-state index is 0.00521. The largest absolute Gasteiger partial charge is 0.508 e. The second kappa shape index (κ2) is 7.35. The summed E-state index contributed by atoms with van der Waals surface area (Å²) in [4.78, 5) is 15.1. The Kier molecular flexibility index (Phi) is 5.13. The average molecular weight is 366 g/mol. The summed E-state index contributed by atoms with van der Waals surface area (Å²) in [5.74, 6) is -0.439. The maximum Gasteiger partial charge on any atom is 0.262 e. The van der Waals surface area contributed by atoms with Crippen molar-refractivity contribution in [2.24, 2.45) is 7.05 Å². The lowest BCUT2D eigenvalue weighted by Gasteiger charge is -2.25. The second-order valence-corrected chi connectivity index (χ2v) is 7.18. The molecule has 142 valence electrons. The maximum atomic E-state index is 13.4. The van der Waals surface area contributed by atoms with Gasteiger partial charge in [-0.25, -0.2) is 0 Å². The molecule has 0 aliphatic carbocycles. The van der Waals surface area contributed by atoms with E-state index in [0.717, 1.165) is 23.0 Å². The number of nitrogens with zero attached hydrogens (tertiary/aromatic N) is 2. The quantitative estimate of drug-likeness (QED) is 0.683.